The Balaban J connectivity index is 0.869. The fraction of sp³-hybridized carbons (Fsp3) is 0.969. The number of esters is 2. The topological polar surface area (TPSA) is 113 Å². The summed E-state index contributed by atoms with van der Waals surface area (Å²) in [5, 5.41) is 9.43. The Kier molecular flexibility index (Phi) is 33.0. The van der Waals surface area contributed by atoms with E-state index < -0.39 is 0 Å². The Morgan fingerprint density at radius 2 is 0.880 bits per heavy atom. The summed E-state index contributed by atoms with van der Waals surface area (Å²) in [7, 11) is 0. The minimum atomic E-state index is -0.350. The van der Waals surface area contributed by atoms with E-state index in [1.807, 2.05) is 0 Å². The van der Waals surface area contributed by atoms with E-state index in [1.54, 1.807) is 0 Å². The van der Waals surface area contributed by atoms with E-state index in [0.29, 0.717) is 76.5 Å². The van der Waals surface area contributed by atoms with Crippen molar-refractivity contribution in [3.63, 3.8) is 0 Å². The van der Waals surface area contributed by atoms with Crippen LogP contribution in [0.5, 0.6) is 0 Å². The first-order valence-corrected chi connectivity index (χ1v) is 32.6. The number of hydrogen-bond donors (Lipinski definition) is 1. The fourth-order valence-corrected chi connectivity index (χ4v) is 12.1. The molecule has 0 heterocycles. The molecule has 12 unspecified atom stereocenters. The van der Waals surface area contributed by atoms with Crippen LogP contribution in [-0.2, 0) is 38.0 Å². The summed E-state index contributed by atoms with van der Waals surface area (Å²) in [4.78, 5) is 28.2. The molecule has 0 saturated heterocycles. The Hall–Kier alpha value is -1.30. The number of unbranched alkanes of at least 4 members (excludes halogenated alkanes) is 7. The highest BCUT2D eigenvalue weighted by Gasteiger charge is 2.40. The van der Waals surface area contributed by atoms with E-state index in [2.05, 4.69) is 46.4 Å². The van der Waals surface area contributed by atoms with Gasteiger partial charge in [0, 0.05) is 39.3 Å². The molecule has 0 bridgehead atoms. The van der Waals surface area contributed by atoms with Crippen LogP contribution in [0.25, 0.3) is 0 Å². The second kappa shape index (κ2) is 38.4. The molecule has 0 aromatic rings. The molecule has 75 heavy (non-hydrogen) atoms. The predicted molar refractivity (Wildman–Crippen MR) is 305 cm³/mol. The lowest BCUT2D eigenvalue weighted by Gasteiger charge is -2.22. The van der Waals surface area contributed by atoms with Gasteiger partial charge in [-0.3, -0.25) is 9.59 Å². The van der Waals surface area contributed by atoms with Crippen molar-refractivity contribution in [3.05, 3.63) is 0 Å². The summed E-state index contributed by atoms with van der Waals surface area (Å²) < 4.78 is 36.6. The SMILES string of the molecule is CCC1CC1CCC(C)CCOC(CCC(=O)OCCCCCCN(CCCCO)CCCCCCOC(=O)CCC(OCCC(C)CCC1CC1C)OCCC1CC1CC1CC1)OCCC(C)CCC1CC1CC. The third kappa shape index (κ3) is 31.3. The number of aliphatic hydroxyl groups excluding tert-OH is 1. The maximum absolute atomic E-state index is 12.9. The number of nitrogens with zero attached hydrogens (tertiary/aromatic N) is 1. The first kappa shape index (κ1) is 64.5. The van der Waals surface area contributed by atoms with Gasteiger partial charge in [-0.2, -0.15) is 0 Å². The molecule has 0 aliphatic heterocycles. The van der Waals surface area contributed by atoms with E-state index in [9.17, 15) is 14.7 Å². The van der Waals surface area contributed by atoms with E-state index in [-0.39, 0.29) is 31.1 Å². The number of carbonyl (C=O) groups is 2. The smallest absolute Gasteiger partial charge is 0.305 e. The molecular weight excluding hydrogens is 939 g/mol. The summed E-state index contributed by atoms with van der Waals surface area (Å²) in [5.41, 5.74) is 0. The maximum atomic E-state index is 12.9. The number of carbonyl (C=O) groups excluding carboxylic acids is 2. The zero-order valence-corrected chi connectivity index (χ0v) is 49.6. The van der Waals surface area contributed by atoms with Crippen LogP contribution in [0.1, 0.15) is 253 Å². The van der Waals surface area contributed by atoms with Gasteiger partial charge in [0.15, 0.2) is 12.6 Å². The van der Waals surface area contributed by atoms with Gasteiger partial charge >= 0.3 is 11.9 Å². The fourth-order valence-electron chi connectivity index (χ4n) is 12.1. The van der Waals surface area contributed by atoms with Crippen LogP contribution in [0.15, 0.2) is 0 Å². The second-order valence-electron chi connectivity index (χ2n) is 25.9. The molecule has 5 saturated carbocycles. The molecule has 0 spiro atoms. The zero-order chi connectivity index (χ0) is 53.5. The lowest BCUT2D eigenvalue weighted by Crippen LogP contribution is -2.27. The second-order valence-corrected chi connectivity index (χ2v) is 25.9. The Morgan fingerprint density at radius 3 is 1.31 bits per heavy atom. The lowest BCUT2D eigenvalue weighted by molar-refractivity contribution is -0.161. The van der Waals surface area contributed by atoms with E-state index in [0.717, 1.165) is 169 Å². The zero-order valence-electron chi connectivity index (χ0n) is 49.6. The van der Waals surface area contributed by atoms with Crippen molar-refractivity contribution in [2.24, 2.45) is 71.0 Å². The summed E-state index contributed by atoms with van der Waals surface area (Å²) in [5.74, 6) is 10.1. The summed E-state index contributed by atoms with van der Waals surface area (Å²) in [6.07, 6.45) is 36.0. The van der Waals surface area contributed by atoms with Gasteiger partial charge in [0.05, 0.1) is 32.7 Å². The van der Waals surface area contributed by atoms with Gasteiger partial charge in [0.1, 0.15) is 0 Å². The predicted octanol–water partition coefficient (Wildman–Crippen LogP) is 15.5. The van der Waals surface area contributed by atoms with Crippen molar-refractivity contribution in [1.82, 2.24) is 4.90 Å². The standard InChI is InChI=1S/C65H119NO9/c1-7-55-47-58(55)25-20-51(4)32-42-72-64(73-43-33-52(5)21-26-59-48-56(59)8-2)29-27-62(68)70-39-17-11-9-13-35-66(37-15-16-38-67)36-14-10-12-18-40-71-63(69)28-30-65(74-41-31-50(3)19-24-57-45-53(57)6)75-44-34-60-49-61(60)46-54-22-23-54/h50-61,64-65,67H,7-49H2,1-6H3. The van der Waals surface area contributed by atoms with Crippen LogP contribution in [-0.4, -0.2) is 100 Å². The van der Waals surface area contributed by atoms with Gasteiger partial charge in [-0.05, 0) is 206 Å². The first-order valence-electron chi connectivity index (χ1n) is 32.6. The molecule has 5 rings (SSSR count). The van der Waals surface area contributed by atoms with E-state index in [4.69, 9.17) is 28.4 Å². The molecule has 10 nitrogen and oxygen atoms in total. The minimum Gasteiger partial charge on any atom is -0.466 e. The van der Waals surface area contributed by atoms with Crippen LogP contribution in [0, 0.1) is 71.0 Å². The molecule has 0 aromatic carbocycles. The van der Waals surface area contributed by atoms with Crippen LogP contribution >= 0.6 is 0 Å². The highest BCUT2D eigenvalue weighted by molar-refractivity contribution is 5.69. The third-order valence-corrected chi connectivity index (χ3v) is 18.8. The third-order valence-electron chi connectivity index (χ3n) is 18.8. The lowest BCUT2D eigenvalue weighted by atomic mass is 9.99. The van der Waals surface area contributed by atoms with Gasteiger partial charge in [0.2, 0.25) is 0 Å². The van der Waals surface area contributed by atoms with Crippen LogP contribution < -0.4 is 0 Å². The Labute approximate surface area is 461 Å². The van der Waals surface area contributed by atoms with E-state index in [1.165, 1.54) is 96.3 Å². The summed E-state index contributed by atoms with van der Waals surface area (Å²) in [6.45, 7) is 21.2. The molecule has 12 atom stereocenters. The van der Waals surface area contributed by atoms with Gasteiger partial charge in [-0.25, -0.2) is 0 Å². The molecule has 0 radical (unpaired) electrons. The Bertz CT molecular complexity index is 1430. The minimum absolute atomic E-state index is 0.141. The largest absolute Gasteiger partial charge is 0.466 e. The highest BCUT2D eigenvalue weighted by Crippen LogP contribution is 2.50. The molecule has 5 aliphatic carbocycles. The molecule has 5 aliphatic rings. The van der Waals surface area contributed by atoms with Crippen molar-refractivity contribution in [3.8, 4) is 0 Å². The number of aliphatic hydroxyl groups is 1. The Morgan fingerprint density at radius 1 is 0.467 bits per heavy atom. The molecular formula is C65H119NO9. The van der Waals surface area contributed by atoms with Crippen LogP contribution in [0.4, 0.5) is 0 Å². The molecule has 0 aromatic heterocycles. The van der Waals surface area contributed by atoms with Crippen LogP contribution in [0.3, 0.4) is 0 Å². The van der Waals surface area contributed by atoms with Gasteiger partial charge in [0.25, 0.3) is 0 Å². The van der Waals surface area contributed by atoms with Crippen molar-refractivity contribution in [2.45, 2.75) is 266 Å². The van der Waals surface area contributed by atoms with Crippen LogP contribution in [0.2, 0.25) is 0 Å². The first-order chi connectivity index (χ1) is 36.5. The summed E-state index contributed by atoms with van der Waals surface area (Å²) >= 11 is 0. The molecule has 5 fully saturated rings. The maximum Gasteiger partial charge on any atom is 0.305 e. The molecule has 1 N–H and O–H groups in total. The average molecular weight is 1060 g/mol. The average Bonchev–Trinajstić information content (AvgIpc) is 4.13. The normalized spacial score (nSPS) is 25.7. The van der Waals surface area contributed by atoms with Crippen molar-refractivity contribution >= 4 is 11.9 Å². The molecule has 0 amide bonds. The van der Waals surface area contributed by atoms with Crippen molar-refractivity contribution in [2.75, 3.05) is 65.9 Å². The van der Waals surface area contributed by atoms with Gasteiger partial charge in [-0.1, -0.05) is 112 Å². The monoisotopic (exact) mass is 1060 g/mol. The number of rotatable bonds is 53. The number of ether oxygens (including phenoxy) is 6. The van der Waals surface area contributed by atoms with Gasteiger partial charge in [-0.15, -0.1) is 0 Å². The highest BCUT2D eigenvalue weighted by atomic mass is 16.7. The van der Waals surface area contributed by atoms with E-state index >= 15 is 0 Å². The van der Waals surface area contributed by atoms with Crippen molar-refractivity contribution < 1.29 is 43.1 Å². The van der Waals surface area contributed by atoms with Gasteiger partial charge < -0.3 is 38.4 Å². The van der Waals surface area contributed by atoms with Crippen molar-refractivity contribution in [1.29, 1.82) is 0 Å². The quantitative estimate of drug-likeness (QED) is 0.0359. The summed E-state index contributed by atoms with van der Waals surface area (Å²) in [6, 6.07) is 0. The number of hydrogen-bond acceptors (Lipinski definition) is 10. The molecule has 10 heteroatoms. The molecule has 438 valence electrons.